The number of hydroxylamine groups is 3. The van der Waals surface area contributed by atoms with E-state index in [-0.39, 0.29) is 6.04 Å². The Hall–Kier alpha value is -0.610. The van der Waals surface area contributed by atoms with Crippen LogP contribution in [0.15, 0.2) is 0 Å². The van der Waals surface area contributed by atoms with Gasteiger partial charge in [-0.3, -0.25) is 0 Å². The van der Waals surface area contributed by atoms with Crippen molar-refractivity contribution in [3.8, 4) is 0 Å². The van der Waals surface area contributed by atoms with Gasteiger partial charge in [-0.15, -0.1) is 5.06 Å². The van der Waals surface area contributed by atoms with Crippen molar-refractivity contribution in [2.24, 2.45) is 0 Å². The Labute approximate surface area is 78.0 Å². The predicted octanol–water partition coefficient (Wildman–Crippen LogP) is 1.32. The molecule has 13 heavy (non-hydrogen) atoms. The molecule has 2 aliphatic rings. The lowest BCUT2D eigenvalue weighted by Crippen LogP contribution is -2.46. The minimum Gasteiger partial charge on any atom is -0.622 e. The third kappa shape index (κ3) is 1.09. The van der Waals surface area contributed by atoms with Crippen molar-refractivity contribution in [3.63, 3.8) is 0 Å². The topological polar surface area (TPSA) is 49.5 Å². The van der Waals surface area contributed by atoms with Gasteiger partial charge in [-0.25, -0.2) is 0 Å². The van der Waals surface area contributed by atoms with Crippen LogP contribution < -0.4 is 0 Å². The molecule has 2 rings (SSSR count). The van der Waals surface area contributed by atoms with E-state index in [1.165, 1.54) is 5.06 Å². The van der Waals surface area contributed by atoms with Crippen LogP contribution in [0, 0.1) is 5.21 Å². The summed E-state index contributed by atoms with van der Waals surface area (Å²) in [6.07, 6.45) is 3.94. The molecule has 4 heteroatoms. The SMILES string of the molecule is CC1(C)N(O)C2CCCCC2=[N+]1[O-]. The lowest BCUT2D eigenvalue weighted by molar-refractivity contribution is -0.580. The van der Waals surface area contributed by atoms with Gasteiger partial charge >= 0.3 is 0 Å². The summed E-state index contributed by atoms with van der Waals surface area (Å²) in [4.78, 5) is 0. The van der Waals surface area contributed by atoms with Gasteiger partial charge in [-0.1, -0.05) is 6.42 Å². The van der Waals surface area contributed by atoms with Crippen LogP contribution in [0.3, 0.4) is 0 Å². The maximum Gasteiger partial charge on any atom is 0.245 e. The van der Waals surface area contributed by atoms with E-state index < -0.39 is 5.66 Å². The van der Waals surface area contributed by atoms with Crippen molar-refractivity contribution >= 4 is 5.71 Å². The van der Waals surface area contributed by atoms with Gasteiger partial charge in [-0.05, 0) is 12.8 Å². The highest BCUT2D eigenvalue weighted by Gasteiger charge is 2.51. The minimum atomic E-state index is -0.773. The Balaban J connectivity index is 2.36. The quantitative estimate of drug-likeness (QED) is 0.456. The van der Waals surface area contributed by atoms with Crippen LogP contribution in [0.5, 0.6) is 0 Å². The molecule has 4 nitrogen and oxygen atoms in total. The Bertz CT molecular complexity index is 260. The van der Waals surface area contributed by atoms with Crippen molar-refractivity contribution < 1.29 is 9.95 Å². The molecular weight excluding hydrogens is 168 g/mol. The van der Waals surface area contributed by atoms with E-state index in [4.69, 9.17) is 0 Å². The van der Waals surface area contributed by atoms with Gasteiger partial charge in [0.2, 0.25) is 5.66 Å². The van der Waals surface area contributed by atoms with E-state index in [9.17, 15) is 10.4 Å². The normalized spacial score (nSPS) is 33.6. The Morgan fingerprint density at radius 2 is 2.23 bits per heavy atom. The highest BCUT2D eigenvalue weighted by Crippen LogP contribution is 2.32. The van der Waals surface area contributed by atoms with E-state index in [1.807, 2.05) is 0 Å². The Morgan fingerprint density at radius 3 is 2.85 bits per heavy atom. The van der Waals surface area contributed by atoms with E-state index in [0.717, 1.165) is 36.1 Å². The second kappa shape index (κ2) is 2.69. The maximum absolute atomic E-state index is 11.7. The van der Waals surface area contributed by atoms with E-state index in [1.54, 1.807) is 13.8 Å². The second-order valence-corrected chi connectivity index (χ2v) is 4.39. The van der Waals surface area contributed by atoms with Gasteiger partial charge in [0.05, 0.1) is 0 Å². The average Bonchev–Trinajstić information content (AvgIpc) is 2.30. The van der Waals surface area contributed by atoms with Crippen LogP contribution in [0.1, 0.15) is 39.5 Å². The first kappa shape index (κ1) is 8.97. The largest absolute Gasteiger partial charge is 0.622 e. The molecule has 1 unspecified atom stereocenters. The van der Waals surface area contributed by atoms with Gasteiger partial charge < -0.3 is 10.4 Å². The average molecular weight is 184 g/mol. The number of hydrogen-bond donors (Lipinski definition) is 1. The number of fused-ring (bicyclic) bond motifs is 1. The molecule has 1 fully saturated rings. The molecule has 0 radical (unpaired) electrons. The van der Waals surface area contributed by atoms with Gasteiger partial charge in [0, 0.05) is 20.3 Å². The van der Waals surface area contributed by atoms with Crippen LogP contribution in [0.25, 0.3) is 0 Å². The van der Waals surface area contributed by atoms with Gasteiger partial charge in [0.25, 0.3) is 0 Å². The molecule has 0 aromatic heterocycles. The summed E-state index contributed by atoms with van der Waals surface area (Å²) in [6.45, 7) is 3.51. The lowest BCUT2D eigenvalue weighted by atomic mass is 9.94. The van der Waals surface area contributed by atoms with Crippen LogP contribution in [0.4, 0.5) is 0 Å². The second-order valence-electron chi connectivity index (χ2n) is 4.39. The van der Waals surface area contributed by atoms with Gasteiger partial charge in [-0.2, -0.15) is 4.74 Å². The monoisotopic (exact) mass is 184 g/mol. The van der Waals surface area contributed by atoms with Crippen molar-refractivity contribution in [1.82, 2.24) is 5.06 Å². The molecule has 1 heterocycles. The summed E-state index contributed by atoms with van der Waals surface area (Å²) in [5, 5.41) is 22.8. The molecule has 1 saturated carbocycles. The summed E-state index contributed by atoms with van der Waals surface area (Å²) in [7, 11) is 0. The van der Waals surface area contributed by atoms with Crippen LogP contribution in [0.2, 0.25) is 0 Å². The zero-order valence-corrected chi connectivity index (χ0v) is 8.16. The summed E-state index contributed by atoms with van der Waals surface area (Å²) < 4.78 is 0.983. The summed E-state index contributed by atoms with van der Waals surface area (Å²) >= 11 is 0. The maximum atomic E-state index is 11.7. The molecule has 0 aromatic rings. The highest BCUT2D eigenvalue weighted by molar-refractivity contribution is 5.87. The molecule has 0 bridgehead atoms. The van der Waals surface area contributed by atoms with Crippen LogP contribution >= 0.6 is 0 Å². The fourth-order valence-electron chi connectivity index (χ4n) is 2.30. The number of rotatable bonds is 0. The van der Waals surface area contributed by atoms with E-state index in [2.05, 4.69) is 0 Å². The smallest absolute Gasteiger partial charge is 0.245 e. The first-order valence-electron chi connectivity index (χ1n) is 4.86. The highest BCUT2D eigenvalue weighted by atomic mass is 16.6. The molecule has 0 aromatic carbocycles. The molecule has 0 saturated heterocycles. The Morgan fingerprint density at radius 1 is 1.54 bits per heavy atom. The molecule has 1 N–H and O–H groups in total. The number of nitrogens with zero attached hydrogens (tertiary/aromatic N) is 2. The zero-order chi connectivity index (χ0) is 9.64. The van der Waals surface area contributed by atoms with E-state index >= 15 is 0 Å². The van der Waals surface area contributed by atoms with Crippen molar-refractivity contribution in [3.05, 3.63) is 5.21 Å². The number of hydrogen-bond acceptors (Lipinski definition) is 3. The minimum absolute atomic E-state index is 0.0266. The lowest BCUT2D eigenvalue weighted by Gasteiger charge is -2.26. The molecule has 1 aliphatic carbocycles. The van der Waals surface area contributed by atoms with Crippen LogP contribution in [-0.4, -0.2) is 32.4 Å². The zero-order valence-electron chi connectivity index (χ0n) is 8.16. The molecule has 1 aliphatic heterocycles. The van der Waals surface area contributed by atoms with Crippen LogP contribution in [-0.2, 0) is 0 Å². The van der Waals surface area contributed by atoms with Crippen molar-refractivity contribution in [2.75, 3.05) is 0 Å². The molecular formula is C9H16N2O2. The molecule has 0 amide bonds. The molecule has 1 atom stereocenters. The molecule has 0 spiro atoms. The first-order valence-corrected chi connectivity index (χ1v) is 4.86. The summed E-state index contributed by atoms with van der Waals surface area (Å²) in [5.41, 5.74) is 0.0865. The Kier molecular flexibility index (Phi) is 1.85. The summed E-state index contributed by atoms with van der Waals surface area (Å²) in [6, 6.07) is -0.0266. The van der Waals surface area contributed by atoms with Gasteiger partial charge in [0.15, 0.2) is 5.71 Å². The summed E-state index contributed by atoms with van der Waals surface area (Å²) in [5.74, 6) is 0. The van der Waals surface area contributed by atoms with E-state index in [0.29, 0.717) is 0 Å². The van der Waals surface area contributed by atoms with Crippen molar-refractivity contribution in [2.45, 2.75) is 51.2 Å². The fraction of sp³-hybridized carbons (Fsp3) is 0.889. The van der Waals surface area contributed by atoms with Gasteiger partial charge in [0.1, 0.15) is 6.04 Å². The first-order chi connectivity index (χ1) is 6.05. The standard InChI is InChI=1S/C9H16N2O2/c1-9(2)10(12)7-5-3-4-6-8(7)11(9)13/h7,12H,3-6H2,1-2H3. The third-order valence-corrected chi connectivity index (χ3v) is 3.16. The van der Waals surface area contributed by atoms with Crippen molar-refractivity contribution in [1.29, 1.82) is 0 Å². The third-order valence-electron chi connectivity index (χ3n) is 3.16. The predicted molar refractivity (Wildman–Crippen MR) is 48.6 cm³/mol. The molecule has 74 valence electrons. The fourth-order valence-corrected chi connectivity index (χ4v) is 2.30.